The van der Waals surface area contributed by atoms with Gasteiger partial charge in [0.25, 0.3) is 0 Å². The molecule has 6 nitrogen and oxygen atoms in total. The van der Waals surface area contributed by atoms with Crippen LogP contribution in [-0.4, -0.2) is 39.4 Å². The van der Waals surface area contributed by atoms with Crippen LogP contribution < -0.4 is 5.73 Å². The van der Waals surface area contributed by atoms with Crippen molar-refractivity contribution in [1.82, 2.24) is 4.98 Å². The third-order valence-corrected chi connectivity index (χ3v) is 2.11. The number of nitrogens with two attached hydrogens (primary N) is 1. The Morgan fingerprint density at radius 2 is 1.94 bits per heavy atom. The first-order valence-corrected chi connectivity index (χ1v) is 5.24. The Hall–Kier alpha value is -1.68. The van der Waals surface area contributed by atoms with Gasteiger partial charge in [-0.15, -0.1) is 11.3 Å². The van der Waals surface area contributed by atoms with E-state index in [-0.39, 0.29) is 0 Å². The molecule has 10 heteroatoms. The molecule has 1 atom stereocenters. The zero-order valence-corrected chi connectivity index (χ0v) is 9.53. The fraction of sp³-hybridized carbons (Fsp3) is 0.375. The Balaban J connectivity index is 0.000000360. The van der Waals surface area contributed by atoms with Gasteiger partial charge in [-0.2, -0.15) is 13.2 Å². The van der Waals surface area contributed by atoms with E-state index in [1.165, 1.54) is 11.3 Å². The zero-order chi connectivity index (χ0) is 14.3. The van der Waals surface area contributed by atoms with E-state index in [1.54, 1.807) is 10.9 Å². The number of carboxylic acids is 2. The molecule has 0 fully saturated rings. The minimum Gasteiger partial charge on any atom is -0.480 e. The predicted octanol–water partition coefficient (Wildman–Crippen LogP) is 0.731. The van der Waals surface area contributed by atoms with E-state index in [4.69, 9.17) is 20.7 Å². The Bertz CT molecular complexity index is 394. The number of carboxylic acid groups (broad SMARTS) is 2. The number of hydrogen-bond acceptors (Lipinski definition) is 5. The van der Waals surface area contributed by atoms with Crippen molar-refractivity contribution in [3.8, 4) is 0 Å². The van der Waals surface area contributed by atoms with Crippen LogP contribution in [0.25, 0.3) is 0 Å². The molecule has 1 aromatic heterocycles. The van der Waals surface area contributed by atoms with Gasteiger partial charge in [0.2, 0.25) is 0 Å². The van der Waals surface area contributed by atoms with E-state index in [0.717, 1.165) is 5.69 Å². The molecule has 0 amide bonds. The Kier molecular flexibility index (Phi) is 6.27. The number of aromatic nitrogens is 1. The summed E-state index contributed by atoms with van der Waals surface area (Å²) in [5.74, 6) is -3.74. The summed E-state index contributed by atoms with van der Waals surface area (Å²) >= 11 is 1.43. The summed E-state index contributed by atoms with van der Waals surface area (Å²) in [6, 6.07) is -0.836. The highest BCUT2D eigenvalue weighted by molar-refractivity contribution is 7.07. The van der Waals surface area contributed by atoms with Crippen molar-refractivity contribution in [3.05, 3.63) is 16.6 Å². The van der Waals surface area contributed by atoms with Gasteiger partial charge in [-0.1, -0.05) is 0 Å². The van der Waals surface area contributed by atoms with Gasteiger partial charge in [-0.25, -0.2) is 9.78 Å². The number of nitrogens with zero attached hydrogens (tertiary/aromatic N) is 1. The van der Waals surface area contributed by atoms with Crippen LogP contribution in [0.4, 0.5) is 13.2 Å². The van der Waals surface area contributed by atoms with Crippen LogP contribution in [0.3, 0.4) is 0 Å². The van der Waals surface area contributed by atoms with E-state index < -0.39 is 24.2 Å². The zero-order valence-electron chi connectivity index (χ0n) is 8.72. The maximum Gasteiger partial charge on any atom is 0.490 e. The molecule has 0 saturated carbocycles. The van der Waals surface area contributed by atoms with E-state index in [0.29, 0.717) is 6.42 Å². The van der Waals surface area contributed by atoms with Crippen molar-refractivity contribution < 1.29 is 33.0 Å². The maximum absolute atomic E-state index is 10.6. The summed E-state index contributed by atoms with van der Waals surface area (Å²) in [5.41, 5.74) is 7.67. The molecular weight excluding hydrogens is 277 g/mol. The smallest absolute Gasteiger partial charge is 0.480 e. The standard InChI is InChI=1S/C6H8N2O2S.C2HF3O2/c7-5(6(9)10)1-4-2-11-3-8-4;3-2(4,5)1(6)7/h2-3,5H,1,7H2,(H,9,10);(H,6,7)/t5-;/m0./s1. The van der Waals surface area contributed by atoms with E-state index in [2.05, 4.69) is 4.98 Å². The molecule has 1 rings (SSSR count). The quantitative estimate of drug-likeness (QED) is 0.755. The molecule has 102 valence electrons. The van der Waals surface area contributed by atoms with Crippen LogP contribution in [0, 0.1) is 0 Å². The summed E-state index contributed by atoms with van der Waals surface area (Å²) in [6.45, 7) is 0. The Morgan fingerprint density at radius 1 is 1.44 bits per heavy atom. The largest absolute Gasteiger partial charge is 0.490 e. The van der Waals surface area contributed by atoms with Crippen molar-refractivity contribution in [2.24, 2.45) is 5.73 Å². The highest BCUT2D eigenvalue weighted by Gasteiger charge is 2.38. The molecule has 0 aliphatic rings. The lowest BCUT2D eigenvalue weighted by Gasteiger charge is -2.01. The minimum absolute atomic E-state index is 0.304. The number of halogens is 3. The molecule has 0 spiro atoms. The van der Waals surface area contributed by atoms with Gasteiger partial charge in [0.1, 0.15) is 6.04 Å². The summed E-state index contributed by atoms with van der Waals surface area (Å²) in [7, 11) is 0. The third-order valence-electron chi connectivity index (χ3n) is 1.47. The monoisotopic (exact) mass is 286 g/mol. The van der Waals surface area contributed by atoms with Crippen LogP contribution in [-0.2, 0) is 16.0 Å². The lowest BCUT2D eigenvalue weighted by molar-refractivity contribution is -0.192. The van der Waals surface area contributed by atoms with Gasteiger partial charge in [0.15, 0.2) is 0 Å². The molecule has 0 unspecified atom stereocenters. The molecule has 0 aromatic carbocycles. The van der Waals surface area contributed by atoms with E-state index in [1.807, 2.05) is 0 Å². The van der Waals surface area contributed by atoms with Crippen molar-refractivity contribution >= 4 is 23.3 Å². The molecular formula is C8H9F3N2O4S. The molecule has 0 aliphatic heterocycles. The number of aliphatic carboxylic acids is 2. The molecule has 0 aliphatic carbocycles. The van der Waals surface area contributed by atoms with Crippen LogP contribution in [0.1, 0.15) is 5.69 Å². The van der Waals surface area contributed by atoms with Gasteiger partial charge >= 0.3 is 18.1 Å². The van der Waals surface area contributed by atoms with Crippen molar-refractivity contribution in [1.29, 1.82) is 0 Å². The molecule has 18 heavy (non-hydrogen) atoms. The van der Waals surface area contributed by atoms with Gasteiger partial charge in [0.05, 0.1) is 11.2 Å². The van der Waals surface area contributed by atoms with Gasteiger partial charge in [-0.05, 0) is 0 Å². The number of hydrogen-bond donors (Lipinski definition) is 3. The lowest BCUT2D eigenvalue weighted by atomic mass is 10.2. The number of thiazole rings is 1. The van der Waals surface area contributed by atoms with Crippen LogP contribution in [0.15, 0.2) is 10.9 Å². The van der Waals surface area contributed by atoms with Gasteiger partial charge in [0, 0.05) is 11.8 Å². The Morgan fingerprint density at radius 3 is 2.22 bits per heavy atom. The Labute approximate surface area is 103 Å². The molecule has 0 radical (unpaired) electrons. The fourth-order valence-corrected chi connectivity index (χ4v) is 1.22. The SMILES string of the molecule is N[C@@H](Cc1cscn1)C(=O)O.O=C(O)C(F)(F)F. The van der Waals surface area contributed by atoms with E-state index in [9.17, 15) is 18.0 Å². The lowest BCUT2D eigenvalue weighted by Crippen LogP contribution is -2.32. The second-order valence-electron chi connectivity index (χ2n) is 2.93. The van der Waals surface area contributed by atoms with Crippen LogP contribution in [0.5, 0.6) is 0 Å². The van der Waals surface area contributed by atoms with E-state index >= 15 is 0 Å². The molecule has 1 heterocycles. The highest BCUT2D eigenvalue weighted by Crippen LogP contribution is 2.13. The highest BCUT2D eigenvalue weighted by atomic mass is 32.1. The third kappa shape index (κ3) is 6.81. The van der Waals surface area contributed by atoms with Crippen molar-refractivity contribution in [2.75, 3.05) is 0 Å². The average molecular weight is 286 g/mol. The maximum atomic E-state index is 10.6. The second kappa shape index (κ2) is 6.91. The van der Waals surface area contributed by atoms with Gasteiger partial charge in [-0.3, -0.25) is 4.79 Å². The first kappa shape index (κ1) is 16.3. The summed E-state index contributed by atoms with van der Waals surface area (Å²) in [6.07, 6.45) is -4.78. The average Bonchev–Trinajstić information content (AvgIpc) is 2.69. The fourth-order valence-electron chi connectivity index (χ4n) is 0.651. The summed E-state index contributed by atoms with van der Waals surface area (Å²) in [4.78, 5) is 23.1. The van der Waals surface area contributed by atoms with Crippen molar-refractivity contribution in [2.45, 2.75) is 18.6 Å². The predicted molar refractivity (Wildman–Crippen MR) is 55.1 cm³/mol. The molecule has 4 N–H and O–H groups in total. The molecule has 0 bridgehead atoms. The van der Waals surface area contributed by atoms with Crippen LogP contribution >= 0.6 is 11.3 Å². The molecule has 0 saturated heterocycles. The van der Waals surface area contributed by atoms with Gasteiger partial charge < -0.3 is 15.9 Å². The normalized spacial score (nSPS) is 12.2. The number of carbonyl (C=O) groups is 2. The summed E-state index contributed by atoms with van der Waals surface area (Å²) < 4.78 is 31.7. The van der Waals surface area contributed by atoms with Crippen molar-refractivity contribution in [3.63, 3.8) is 0 Å². The first-order valence-electron chi connectivity index (χ1n) is 4.30. The minimum atomic E-state index is -5.08. The number of alkyl halides is 3. The summed E-state index contributed by atoms with van der Waals surface area (Å²) in [5, 5.41) is 17.4. The topological polar surface area (TPSA) is 114 Å². The van der Waals surface area contributed by atoms with Crippen LogP contribution in [0.2, 0.25) is 0 Å². The number of rotatable bonds is 3. The first-order chi connectivity index (χ1) is 8.14. The molecule has 1 aromatic rings. The second-order valence-corrected chi connectivity index (χ2v) is 3.65.